The van der Waals surface area contributed by atoms with Gasteiger partial charge in [-0.1, -0.05) is 0 Å². The third-order valence-corrected chi connectivity index (χ3v) is 2.73. The first-order valence-electron chi connectivity index (χ1n) is 4.84. The van der Waals surface area contributed by atoms with E-state index in [4.69, 9.17) is 25.1 Å². The molecule has 1 aliphatic heterocycles. The third kappa shape index (κ3) is 1.68. The molecule has 1 unspecified atom stereocenters. The van der Waals surface area contributed by atoms with E-state index in [9.17, 15) is 0 Å². The topological polar surface area (TPSA) is 73.9 Å². The highest BCUT2D eigenvalue weighted by atomic mass is 16.7. The molecule has 1 aliphatic carbocycles. The normalized spacial score (nSPS) is 29.1. The van der Waals surface area contributed by atoms with Gasteiger partial charge in [0.1, 0.15) is 11.5 Å². The van der Waals surface area contributed by atoms with Crippen LogP contribution in [0.1, 0.15) is 12.8 Å². The second kappa shape index (κ2) is 3.75. The predicted molar refractivity (Wildman–Crippen MR) is 52.4 cm³/mol. The largest absolute Gasteiger partial charge is 0.499 e. The van der Waals surface area contributed by atoms with Crippen LogP contribution in [0, 0.1) is 0 Å². The summed E-state index contributed by atoms with van der Waals surface area (Å²) >= 11 is 0. The van der Waals surface area contributed by atoms with Crippen LogP contribution in [0.2, 0.25) is 0 Å². The Kier molecular flexibility index (Phi) is 2.58. The smallest absolute Gasteiger partial charge is 0.230 e. The molecule has 0 amide bonds. The van der Waals surface area contributed by atoms with Gasteiger partial charge in [-0.3, -0.25) is 0 Å². The van der Waals surface area contributed by atoms with E-state index in [1.54, 1.807) is 13.2 Å². The van der Waals surface area contributed by atoms with Gasteiger partial charge in [0.05, 0.1) is 12.6 Å². The molecule has 0 saturated carbocycles. The van der Waals surface area contributed by atoms with Crippen LogP contribution in [0.3, 0.4) is 0 Å². The van der Waals surface area contributed by atoms with Crippen molar-refractivity contribution in [1.29, 1.82) is 0 Å². The molecule has 1 atom stereocenters. The van der Waals surface area contributed by atoms with Crippen molar-refractivity contribution in [3.05, 3.63) is 23.4 Å². The molecular formula is C10H15NO4. The van der Waals surface area contributed by atoms with Gasteiger partial charge in [0.25, 0.3) is 0 Å². The maximum atomic E-state index is 8.99. The predicted octanol–water partition coefficient (Wildman–Crippen LogP) is 0.216. The molecule has 2 aliphatic rings. The van der Waals surface area contributed by atoms with Crippen molar-refractivity contribution in [3.8, 4) is 0 Å². The molecule has 5 heteroatoms. The Morgan fingerprint density at radius 1 is 1.60 bits per heavy atom. The Hall–Kier alpha value is -1.20. The number of nitrogens with two attached hydrogens (primary N) is 1. The van der Waals surface area contributed by atoms with Gasteiger partial charge in [-0.2, -0.15) is 0 Å². The zero-order valence-corrected chi connectivity index (χ0v) is 8.66. The van der Waals surface area contributed by atoms with Gasteiger partial charge in [-0.25, -0.2) is 0 Å². The molecular weight excluding hydrogens is 198 g/mol. The summed E-state index contributed by atoms with van der Waals surface area (Å²) in [5.41, 5.74) is 5.47. The van der Waals surface area contributed by atoms with E-state index >= 15 is 0 Å². The second-order valence-electron chi connectivity index (χ2n) is 3.71. The monoisotopic (exact) mass is 213 g/mol. The van der Waals surface area contributed by atoms with Gasteiger partial charge in [0.15, 0.2) is 5.76 Å². The van der Waals surface area contributed by atoms with Gasteiger partial charge in [0.2, 0.25) is 6.79 Å². The van der Waals surface area contributed by atoms with Gasteiger partial charge in [-0.15, -0.1) is 0 Å². The molecule has 5 nitrogen and oxygen atoms in total. The molecule has 0 aromatic rings. The Bertz CT molecular complexity index is 323. The van der Waals surface area contributed by atoms with Crippen molar-refractivity contribution in [2.75, 3.05) is 20.5 Å². The van der Waals surface area contributed by atoms with Crippen LogP contribution in [0.25, 0.3) is 0 Å². The van der Waals surface area contributed by atoms with E-state index < -0.39 is 5.54 Å². The van der Waals surface area contributed by atoms with Crippen molar-refractivity contribution >= 4 is 0 Å². The van der Waals surface area contributed by atoms with Crippen LogP contribution in [0.15, 0.2) is 23.4 Å². The summed E-state index contributed by atoms with van der Waals surface area (Å²) in [4.78, 5) is 0. The number of ether oxygens (including phenoxy) is 3. The average molecular weight is 213 g/mol. The molecule has 0 bridgehead atoms. The van der Waals surface area contributed by atoms with E-state index in [-0.39, 0.29) is 13.4 Å². The van der Waals surface area contributed by atoms with Crippen LogP contribution >= 0.6 is 0 Å². The fourth-order valence-corrected chi connectivity index (χ4v) is 1.89. The van der Waals surface area contributed by atoms with Crippen molar-refractivity contribution in [3.63, 3.8) is 0 Å². The highest BCUT2D eigenvalue weighted by Crippen LogP contribution is 2.37. The molecule has 84 valence electrons. The van der Waals surface area contributed by atoms with E-state index in [2.05, 4.69) is 0 Å². The molecule has 0 radical (unpaired) electrons. The number of aliphatic hydroxyl groups is 1. The third-order valence-electron chi connectivity index (χ3n) is 2.73. The summed E-state index contributed by atoms with van der Waals surface area (Å²) in [5.74, 6) is 2.05. The van der Waals surface area contributed by atoms with Crippen LogP contribution in [-0.2, 0) is 14.2 Å². The number of methoxy groups -OCH3 is 1. The second-order valence-corrected chi connectivity index (χ2v) is 3.71. The minimum atomic E-state index is -0.684. The molecule has 0 aromatic carbocycles. The summed E-state index contributed by atoms with van der Waals surface area (Å²) in [7, 11) is 1.56. The highest BCUT2D eigenvalue weighted by Gasteiger charge is 2.39. The number of rotatable bonds is 3. The summed E-state index contributed by atoms with van der Waals surface area (Å²) in [6.07, 6.45) is 2.68. The van der Waals surface area contributed by atoms with Crippen LogP contribution in [0.4, 0.5) is 0 Å². The average Bonchev–Trinajstić information content (AvgIpc) is 2.62. The van der Waals surface area contributed by atoms with Crippen molar-refractivity contribution in [2.45, 2.75) is 18.4 Å². The van der Waals surface area contributed by atoms with Gasteiger partial charge >= 0.3 is 0 Å². The number of hydrogen-bond donors (Lipinski definition) is 2. The lowest BCUT2D eigenvalue weighted by Gasteiger charge is -2.32. The van der Waals surface area contributed by atoms with Crippen molar-refractivity contribution in [2.24, 2.45) is 5.73 Å². The number of allylic oxidation sites excluding steroid dienone is 1. The minimum Gasteiger partial charge on any atom is -0.499 e. The fraction of sp³-hybridized carbons (Fsp3) is 0.600. The summed E-state index contributed by atoms with van der Waals surface area (Å²) in [6, 6.07) is 0. The van der Waals surface area contributed by atoms with Crippen LogP contribution in [0.5, 0.6) is 0 Å². The molecule has 0 saturated heterocycles. The Balaban J connectivity index is 2.27. The maximum Gasteiger partial charge on any atom is 0.230 e. The van der Waals surface area contributed by atoms with E-state index in [0.717, 1.165) is 5.76 Å². The minimum absolute atomic E-state index is 0.0146. The van der Waals surface area contributed by atoms with Gasteiger partial charge in [0, 0.05) is 19.1 Å². The van der Waals surface area contributed by atoms with Gasteiger partial charge in [-0.05, 0) is 6.42 Å². The summed E-state index contributed by atoms with van der Waals surface area (Å²) < 4.78 is 15.8. The zero-order valence-electron chi connectivity index (χ0n) is 8.66. The molecule has 0 spiro atoms. The van der Waals surface area contributed by atoms with Crippen molar-refractivity contribution < 1.29 is 19.3 Å². The number of aliphatic hydroxyl groups excluding tert-OH is 1. The van der Waals surface area contributed by atoms with Gasteiger partial charge < -0.3 is 25.1 Å². The molecule has 15 heavy (non-hydrogen) atoms. The summed E-state index contributed by atoms with van der Waals surface area (Å²) in [6.45, 7) is 0.244. The van der Waals surface area contributed by atoms with Crippen LogP contribution < -0.4 is 5.73 Å². The molecule has 1 heterocycles. The lowest BCUT2D eigenvalue weighted by molar-refractivity contribution is 0.0700. The first kappa shape index (κ1) is 10.3. The maximum absolute atomic E-state index is 8.99. The first-order chi connectivity index (χ1) is 7.19. The molecule has 0 fully saturated rings. The van der Waals surface area contributed by atoms with E-state index in [0.29, 0.717) is 24.4 Å². The number of hydrogen-bond acceptors (Lipinski definition) is 5. The van der Waals surface area contributed by atoms with E-state index in [1.807, 2.05) is 0 Å². The quantitative estimate of drug-likeness (QED) is 0.701. The first-order valence-corrected chi connectivity index (χ1v) is 4.84. The lowest BCUT2D eigenvalue weighted by atomic mass is 9.85. The van der Waals surface area contributed by atoms with E-state index in [1.165, 1.54) is 0 Å². The Labute approximate surface area is 88.1 Å². The van der Waals surface area contributed by atoms with Crippen LogP contribution in [-0.4, -0.2) is 31.2 Å². The standard InChI is InChI=1S/C10H15NO4/c1-13-9-4-7-8(15-6-14-7)5-10(9,11)2-3-12/h4,12H,2-3,5-6,11H2,1H3. The molecule has 3 N–H and O–H groups in total. The molecule has 2 rings (SSSR count). The highest BCUT2D eigenvalue weighted by molar-refractivity contribution is 5.34. The molecule has 0 aromatic heterocycles. The zero-order chi connectivity index (χ0) is 10.9. The SMILES string of the molecule is COC1=CC2=C(CC1(N)CCO)OCO2. The lowest BCUT2D eigenvalue weighted by Crippen LogP contribution is -2.45. The Morgan fingerprint density at radius 2 is 2.40 bits per heavy atom. The summed E-state index contributed by atoms with van der Waals surface area (Å²) in [5, 5.41) is 8.99. The Morgan fingerprint density at radius 3 is 3.07 bits per heavy atom. The van der Waals surface area contributed by atoms with Crippen molar-refractivity contribution in [1.82, 2.24) is 0 Å². The fourth-order valence-electron chi connectivity index (χ4n) is 1.89.